The first-order chi connectivity index (χ1) is 15.9. The molecule has 1 aromatic carbocycles. The Kier molecular flexibility index (Phi) is 7.40. The molecule has 2 saturated heterocycles. The fourth-order valence-electron chi connectivity index (χ4n) is 4.92. The van der Waals surface area contributed by atoms with Crippen LogP contribution in [0, 0.1) is 11.8 Å². The Morgan fingerprint density at radius 2 is 1.67 bits per heavy atom. The molecule has 0 radical (unpaired) electrons. The summed E-state index contributed by atoms with van der Waals surface area (Å²) in [5, 5.41) is 3.04. The number of piperidine rings is 2. The first-order valence-electron chi connectivity index (χ1n) is 12.2. The zero-order chi connectivity index (χ0) is 23.4. The molecule has 0 aromatic heterocycles. The van der Waals surface area contributed by atoms with Crippen molar-refractivity contribution in [3.8, 4) is 11.5 Å². The summed E-state index contributed by atoms with van der Waals surface area (Å²) in [4.78, 5) is 42.9. The number of ether oxygens (including phenoxy) is 2. The average Bonchev–Trinajstić information content (AvgIpc) is 3.30. The van der Waals surface area contributed by atoms with Crippen LogP contribution < -0.4 is 14.8 Å². The molecule has 3 aliphatic heterocycles. The van der Waals surface area contributed by atoms with Crippen molar-refractivity contribution in [1.29, 1.82) is 0 Å². The van der Waals surface area contributed by atoms with Gasteiger partial charge in [-0.2, -0.15) is 0 Å². The van der Waals surface area contributed by atoms with Gasteiger partial charge in [0.05, 0.1) is 0 Å². The molecule has 2 fully saturated rings. The van der Waals surface area contributed by atoms with Crippen molar-refractivity contribution < 1.29 is 23.9 Å². The lowest BCUT2D eigenvalue weighted by Gasteiger charge is -2.38. The lowest BCUT2D eigenvalue weighted by atomic mass is 9.87. The Morgan fingerprint density at radius 1 is 0.970 bits per heavy atom. The van der Waals surface area contributed by atoms with E-state index in [4.69, 9.17) is 9.47 Å². The summed E-state index contributed by atoms with van der Waals surface area (Å²) in [6.45, 7) is 6.96. The molecule has 0 aliphatic carbocycles. The van der Waals surface area contributed by atoms with Crippen molar-refractivity contribution in [3.05, 3.63) is 23.8 Å². The van der Waals surface area contributed by atoms with Crippen LogP contribution in [-0.4, -0.2) is 66.5 Å². The molecule has 0 spiro atoms. The van der Waals surface area contributed by atoms with Gasteiger partial charge in [0.2, 0.25) is 18.6 Å². The molecule has 1 aromatic rings. The van der Waals surface area contributed by atoms with Gasteiger partial charge in [0, 0.05) is 38.2 Å². The highest BCUT2D eigenvalue weighted by Crippen LogP contribution is 2.32. The maximum atomic E-state index is 13.5. The monoisotopic (exact) mass is 457 g/mol. The molecular weight excluding hydrogens is 422 g/mol. The highest BCUT2D eigenvalue weighted by atomic mass is 16.7. The van der Waals surface area contributed by atoms with Gasteiger partial charge in [-0.05, 0) is 62.1 Å². The minimum atomic E-state index is -0.594. The molecular formula is C25H35N3O5. The van der Waals surface area contributed by atoms with E-state index in [1.807, 2.05) is 23.6 Å². The van der Waals surface area contributed by atoms with Crippen molar-refractivity contribution in [2.45, 2.75) is 58.4 Å². The van der Waals surface area contributed by atoms with Gasteiger partial charge in [-0.15, -0.1) is 0 Å². The van der Waals surface area contributed by atoms with Gasteiger partial charge in [0.15, 0.2) is 11.5 Å². The maximum absolute atomic E-state index is 13.5. The summed E-state index contributed by atoms with van der Waals surface area (Å²) in [5.74, 6) is 1.36. The number of nitrogens with one attached hydrogen (secondary N) is 1. The molecule has 3 aliphatic rings. The zero-order valence-electron chi connectivity index (χ0n) is 19.7. The van der Waals surface area contributed by atoms with Crippen LogP contribution in [0.4, 0.5) is 0 Å². The second kappa shape index (κ2) is 10.4. The molecule has 0 bridgehead atoms. The van der Waals surface area contributed by atoms with E-state index in [2.05, 4.69) is 5.32 Å². The maximum Gasteiger partial charge on any atom is 0.252 e. The van der Waals surface area contributed by atoms with Crippen LogP contribution in [0.25, 0.3) is 0 Å². The fourth-order valence-corrected chi connectivity index (χ4v) is 4.92. The summed E-state index contributed by atoms with van der Waals surface area (Å²) in [6.07, 6.45) is 5.08. The number of hydrogen-bond acceptors (Lipinski definition) is 5. The number of benzene rings is 1. The van der Waals surface area contributed by atoms with Crippen LogP contribution in [0.15, 0.2) is 18.2 Å². The summed E-state index contributed by atoms with van der Waals surface area (Å²) in [7, 11) is 0. The minimum absolute atomic E-state index is 0.000451. The molecule has 3 heterocycles. The van der Waals surface area contributed by atoms with Crippen LogP contribution in [0.5, 0.6) is 11.5 Å². The number of likely N-dealkylation sites (tertiary alicyclic amines) is 2. The molecule has 1 atom stereocenters. The number of carbonyl (C=O) groups excluding carboxylic acids is 3. The van der Waals surface area contributed by atoms with Gasteiger partial charge in [0.1, 0.15) is 6.04 Å². The van der Waals surface area contributed by atoms with Gasteiger partial charge in [0.25, 0.3) is 5.91 Å². The summed E-state index contributed by atoms with van der Waals surface area (Å²) in [5.41, 5.74) is 0.445. The molecule has 33 heavy (non-hydrogen) atoms. The minimum Gasteiger partial charge on any atom is -0.454 e. The number of rotatable bonds is 6. The first kappa shape index (κ1) is 23.4. The van der Waals surface area contributed by atoms with Crippen molar-refractivity contribution in [2.24, 2.45) is 11.8 Å². The summed E-state index contributed by atoms with van der Waals surface area (Å²) >= 11 is 0. The zero-order valence-corrected chi connectivity index (χ0v) is 19.7. The second-order valence-corrected chi connectivity index (χ2v) is 9.72. The SMILES string of the molecule is CC(C)CC(=O)N1CCC([C@H](NC(=O)c2ccc3c(c2)OCO3)C(=O)N2CCCCC2)CC1. The van der Waals surface area contributed by atoms with Crippen LogP contribution in [0.1, 0.15) is 62.7 Å². The van der Waals surface area contributed by atoms with Gasteiger partial charge in [-0.3, -0.25) is 14.4 Å². The molecule has 0 saturated carbocycles. The lowest BCUT2D eigenvalue weighted by Crippen LogP contribution is -2.55. The van der Waals surface area contributed by atoms with E-state index in [-0.39, 0.29) is 30.4 Å². The van der Waals surface area contributed by atoms with E-state index >= 15 is 0 Å². The molecule has 180 valence electrons. The predicted octanol–water partition coefficient (Wildman–Crippen LogP) is 2.81. The number of amides is 3. The van der Waals surface area contributed by atoms with E-state index in [0.29, 0.717) is 55.3 Å². The number of nitrogens with zero attached hydrogens (tertiary/aromatic N) is 2. The lowest BCUT2D eigenvalue weighted by molar-refractivity contribution is -0.137. The van der Waals surface area contributed by atoms with Crippen molar-refractivity contribution in [3.63, 3.8) is 0 Å². The third kappa shape index (κ3) is 5.60. The van der Waals surface area contributed by atoms with E-state index < -0.39 is 6.04 Å². The van der Waals surface area contributed by atoms with Crippen molar-refractivity contribution in [1.82, 2.24) is 15.1 Å². The van der Waals surface area contributed by atoms with E-state index in [1.54, 1.807) is 18.2 Å². The number of fused-ring (bicyclic) bond motifs is 1. The second-order valence-electron chi connectivity index (χ2n) is 9.72. The average molecular weight is 458 g/mol. The molecule has 0 unspecified atom stereocenters. The Balaban J connectivity index is 1.46. The van der Waals surface area contributed by atoms with Crippen LogP contribution >= 0.6 is 0 Å². The molecule has 3 amide bonds. The largest absolute Gasteiger partial charge is 0.454 e. The first-order valence-corrected chi connectivity index (χ1v) is 12.2. The quantitative estimate of drug-likeness (QED) is 0.710. The van der Waals surface area contributed by atoms with E-state index in [0.717, 1.165) is 32.4 Å². The van der Waals surface area contributed by atoms with Gasteiger partial charge < -0.3 is 24.6 Å². The van der Waals surface area contributed by atoms with Gasteiger partial charge in [-0.1, -0.05) is 13.8 Å². The molecule has 8 nitrogen and oxygen atoms in total. The third-order valence-electron chi connectivity index (χ3n) is 6.80. The Hall–Kier alpha value is -2.77. The molecule has 1 N–H and O–H groups in total. The molecule has 4 rings (SSSR count). The Morgan fingerprint density at radius 3 is 2.36 bits per heavy atom. The highest BCUT2D eigenvalue weighted by Gasteiger charge is 2.36. The standard InChI is InChI=1S/C25H35N3O5/c1-17(2)14-22(29)27-12-8-18(9-13-27)23(25(31)28-10-4-3-5-11-28)26-24(30)19-6-7-20-21(15-19)33-16-32-20/h6-7,15,17-18,23H,3-5,8-14,16H2,1-2H3,(H,26,30)/t23-/m0/s1. The normalized spacial score (nSPS) is 19.5. The Bertz CT molecular complexity index is 873. The summed E-state index contributed by atoms with van der Waals surface area (Å²) in [6, 6.07) is 4.48. The third-order valence-corrected chi connectivity index (χ3v) is 6.80. The number of hydrogen-bond donors (Lipinski definition) is 1. The van der Waals surface area contributed by atoms with Crippen molar-refractivity contribution in [2.75, 3.05) is 33.0 Å². The van der Waals surface area contributed by atoms with E-state index in [1.165, 1.54) is 0 Å². The van der Waals surface area contributed by atoms with Crippen molar-refractivity contribution >= 4 is 17.7 Å². The molecule has 8 heteroatoms. The smallest absolute Gasteiger partial charge is 0.252 e. The Labute approximate surface area is 195 Å². The fraction of sp³-hybridized carbons (Fsp3) is 0.640. The van der Waals surface area contributed by atoms with Crippen LogP contribution in [-0.2, 0) is 9.59 Å². The van der Waals surface area contributed by atoms with Gasteiger partial charge in [-0.25, -0.2) is 0 Å². The van der Waals surface area contributed by atoms with Crippen LogP contribution in [0.2, 0.25) is 0 Å². The number of carbonyl (C=O) groups is 3. The summed E-state index contributed by atoms with van der Waals surface area (Å²) < 4.78 is 10.7. The van der Waals surface area contributed by atoms with Gasteiger partial charge >= 0.3 is 0 Å². The highest BCUT2D eigenvalue weighted by molar-refractivity contribution is 5.98. The van der Waals surface area contributed by atoms with E-state index in [9.17, 15) is 14.4 Å². The van der Waals surface area contributed by atoms with Crippen LogP contribution in [0.3, 0.4) is 0 Å². The predicted molar refractivity (Wildman–Crippen MR) is 123 cm³/mol. The topological polar surface area (TPSA) is 88.2 Å².